The molecule has 0 heterocycles. The van der Waals surface area contributed by atoms with Crippen molar-refractivity contribution in [2.24, 2.45) is 0 Å². The lowest BCUT2D eigenvalue weighted by molar-refractivity contribution is -0.384. The predicted octanol–water partition coefficient (Wildman–Crippen LogP) is 5.86. The highest BCUT2D eigenvalue weighted by molar-refractivity contribution is 5.36. The normalized spacial score (nSPS) is 12.1. The zero-order chi connectivity index (χ0) is 19.8. The van der Waals surface area contributed by atoms with Crippen molar-refractivity contribution in [3.8, 4) is 0 Å². The fraction of sp³-hybridized carbons (Fsp3) is 0.250. The molecule has 4 heteroatoms. The maximum atomic E-state index is 11.1. The Balaban J connectivity index is 1.71. The van der Waals surface area contributed by atoms with E-state index in [1.54, 1.807) is 12.1 Å². The maximum Gasteiger partial charge on any atom is 0.269 e. The van der Waals surface area contributed by atoms with Crippen LogP contribution in [0.5, 0.6) is 0 Å². The third kappa shape index (κ3) is 5.05. The maximum absolute atomic E-state index is 11.1. The Labute approximate surface area is 166 Å². The number of hydrogen-bond acceptors (Lipinski definition) is 3. The second-order valence-corrected chi connectivity index (χ2v) is 6.93. The average Bonchev–Trinajstić information content (AvgIpc) is 2.75. The SMILES string of the molecule is CCC(NCCC(c1ccccc1)c1ccccc1)c1cccc([N+](=O)[O-])c1. The van der Waals surface area contributed by atoms with E-state index in [4.69, 9.17) is 0 Å². The van der Waals surface area contributed by atoms with Crippen LogP contribution in [0.1, 0.15) is 48.4 Å². The molecule has 1 N–H and O–H groups in total. The molecular weight excluding hydrogens is 348 g/mol. The molecule has 1 unspecified atom stereocenters. The summed E-state index contributed by atoms with van der Waals surface area (Å²) < 4.78 is 0. The molecule has 1 atom stereocenters. The van der Waals surface area contributed by atoms with Crippen LogP contribution in [0.3, 0.4) is 0 Å². The number of nitrogens with zero attached hydrogens (tertiary/aromatic N) is 1. The lowest BCUT2D eigenvalue weighted by atomic mass is 9.88. The molecule has 0 aliphatic rings. The van der Waals surface area contributed by atoms with Crippen molar-refractivity contribution in [2.75, 3.05) is 6.54 Å². The third-order valence-electron chi connectivity index (χ3n) is 5.12. The molecule has 0 saturated heterocycles. The lowest BCUT2D eigenvalue weighted by Crippen LogP contribution is -2.23. The molecule has 0 bridgehead atoms. The number of benzene rings is 3. The highest BCUT2D eigenvalue weighted by atomic mass is 16.6. The van der Waals surface area contributed by atoms with Crippen LogP contribution in [0.4, 0.5) is 5.69 Å². The summed E-state index contributed by atoms with van der Waals surface area (Å²) in [6.07, 6.45) is 1.84. The highest BCUT2D eigenvalue weighted by Gasteiger charge is 2.16. The van der Waals surface area contributed by atoms with Crippen molar-refractivity contribution >= 4 is 5.69 Å². The second kappa shape index (κ2) is 9.81. The molecule has 3 rings (SSSR count). The zero-order valence-electron chi connectivity index (χ0n) is 16.1. The van der Waals surface area contributed by atoms with E-state index in [2.05, 4.69) is 60.8 Å². The van der Waals surface area contributed by atoms with E-state index in [1.807, 2.05) is 18.2 Å². The Hall–Kier alpha value is -2.98. The summed E-state index contributed by atoms with van der Waals surface area (Å²) >= 11 is 0. The summed E-state index contributed by atoms with van der Waals surface area (Å²) in [5, 5.41) is 14.7. The number of hydrogen-bond donors (Lipinski definition) is 1. The fourth-order valence-corrected chi connectivity index (χ4v) is 3.65. The molecule has 0 aromatic heterocycles. The number of rotatable bonds is 9. The molecule has 3 aromatic carbocycles. The first kappa shape index (κ1) is 19.8. The molecular formula is C24H26N2O2. The van der Waals surface area contributed by atoms with Crippen molar-refractivity contribution < 1.29 is 4.92 Å². The van der Waals surface area contributed by atoms with Gasteiger partial charge in [0.25, 0.3) is 5.69 Å². The first-order valence-electron chi connectivity index (χ1n) is 9.76. The molecule has 0 amide bonds. The largest absolute Gasteiger partial charge is 0.310 e. The second-order valence-electron chi connectivity index (χ2n) is 6.93. The van der Waals surface area contributed by atoms with E-state index in [-0.39, 0.29) is 16.7 Å². The van der Waals surface area contributed by atoms with Gasteiger partial charge < -0.3 is 5.32 Å². The van der Waals surface area contributed by atoms with Gasteiger partial charge in [0.1, 0.15) is 0 Å². The van der Waals surface area contributed by atoms with Crippen LogP contribution in [0.2, 0.25) is 0 Å². The van der Waals surface area contributed by atoms with E-state index >= 15 is 0 Å². The smallest absolute Gasteiger partial charge is 0.269 e. The fourth-order valence-electron chi connectivity index (χ4n) is 3.65. The molecule has 0 radical (unpaired) electrons. The quantitative estimate of drug-likeness (QED) is 0.377. The molecule has 3 aromatic rings. The van der Waals surface area contributed by atoms with Crippen molar-refractivity contribution in [3.63, 3.8) is 0 Å². The van der Waals surface area contributed by atoms with Gasteiger partial charge in [0, 0.05) is 24.1 Å². The topological polar surface area (TPSA) is 55.2 Å². The van der Waals surface area contributed by atoms with E-state index in [0.717, 1.165) is 24.9 Å². The zero-order valence-corrected chi connectivity index (χ0v) is 16.1. The average molecular weight is 374 g/mol. The number of nitro benzene ring substituents is 1. The van der Waals surface area contributed by atoms with Crippen LogP contribution in [0.25, 0.3) is 0 Å². The van der Waals surface area contributed by atoms with Gasteiger partial charge in [-0.2, -0.15) is 0 Å². The Morgan fingerprint density at radius 3 is 1.96 bits per heavy atom. The van der Waals surface area contributed by atoms with Gasteiger partial charge in [-0.1, -0.05) is 79.7 Å². The van der Waals surface area contributed by atoms with Gasteiger partial charge in [0.05, 0.1) is 4.92 Å². The minimum atomic E-state index is -0.336. The van der Waals surface area contributed by atoms with Crippen molar-refractivity contribution in [1.29, 1.82) is 0 Å². The van der Waals surface area contributed by atoms with Crippen LogP contribution in [-0.4, -0.2) is 11.5 Å². The molecule has 28 heavy (non-hydrogen) atoms. The number of nitrogens with one attached hydrogen (secondary N) is 1. The Bertz CT molecular complexity index is 842. The standard InChI is InChI=1S/C24H26N2O2/c1-2-24(21-14-9-15-22(18-21)26(27)28)25-17-16-23(19-10-5-3-6-11-19)20-12-7-4-8-13-20/h3-15,18,23-25H,2,16-17H2,1H3. The van der Waals surface area contributed by atoms with E-state index in [1.165, 1.54) is 17.2 Å². The first-order chi connectivity index (χ1) is 13.7. The van der Waals surface area contributed by atoms with E-state index in [9.17, 15) is 10.1 Å². The van der Waals surface area contributed by atoms with Crippen LogP contribution >= 0.6 is 0 Å². The van der Waals surface area contributed by atoms with Gasteiger partial charge in [0.2, 0.25) is 0 Å². The van der Waals surface area contributed by atoms with Crippen LogP contribution < -0.4 is 5.32 Å². The Morgan fingerprint density at radius 2 is 1.43 bits per heavy atom. The van der Waals surface area contributed by atoms with Crippen molar-refractivity contribution in [3.05, 3.63) is 112 Å². The molecule has 0 aliphatic heterocycles. The minimum absolute atomic E-state index is 0.104. The van der Waals surface area contributed by atoms with E-state index in [0.29, 0.717) is 5.92 Å². The van der Waals surface area contributed by atoms with Crippen LogP contribution in [-0.2, 0) is 0 Å². The van der Waals surface area contributed by atoms with Crippen LogP contribution in [0.15, 0.2) is 84.9 Å². The summed E-state index contributed by atoms with van der Waals surface area (Å²) in [6.45, 7) is 2.93. The summed E-state index contributed by atoms with van der Waals surface area (Å²) in [5.41, 5.74) is 3.72. The predicted molar refractivity (Wildman–Crippen MR) is 113 cm³/mol. The molecule has 0 aliphatic carbocycles. The lowest BCUT2D eigenvalue weighted by Gasteiger charge is -2.22. The minimum Gasteiger partial charge on any atom is -0.310 e. The summed E-state index contributed by atoms with van der Waals surface area (Å²) in [7, 11) is 0. The van der Waals surface area contributed by atoms with Crippen molar-refractivity contribution in [1.82, 2.24) is 5.32 Å². The molecule has 0 fully saturated rings. The summed E-state index contributed by atoms with van der Waals surface area (Å²) in [4.78, 5) is 10.7. The third-order valence-corrected chi connectivity index (χ3v) is 5.12. The Morgan fingerprint density at radius 1 is 0.857 bits per heavy atom. The molecule has 4 nitrogen and oxygen atoms in total. The van der Waals surface area contributed by atoms with Gasteiger partial charge in [-0.05, 0) is 36.1 Å². The molecule has 0 spiro atoms. The molecule has 144 valence electrons. The number of non-ortho nitro benzene ring substituents is 1. The monoisotopic (exact) mass is 374 g/mol. The van der Waals surface area contributed by atoms with Gasteiger partial charge in [-0.15, -0.1) is 0 Å². The van der Waals surface area contributed by atoms with Gasteiger partial charge in [-0.25, -0.2) is 0 Å². The van der Waals surface area contributed by atoms with Gasteiger partial charge >= 0.3 is 0 Å². The van der Waals surface area contributed by atoms with E-state index < -0.39 is 0 Å². The highest BCUT2D eigenvalue weighted by Crippen LogP contribution is 2.28. The first-order valence-corrected chi connectivity index (χ1v) is 9.76. The summed E-state index contributed by atoms with van der Waals surface area (Å²) in [5.74, 6) is 0.317. The Kier molecular flexibility index (Phi) is 6.93. The number of nitro groups is 1. The van der Waals surface area contributed by atoms with Crippen molar-refractivity contribution in [2.45, 2.75) is 31.7 Å². The van der Waals surface area contributed by atoms with Gasteiger partial charge in [0.15, 0.2) is 0 Å². The summed E-state index contributed by atoms with van der Waals surface area (Å²) in [6, 6.07) is 28.1. The van der Waals surface area contributed by atoms with Gasteiger partial charge in [-0.3, -0.25) is 10.1 Å². The molecule has 0 saturated carbocycles. The van der Waals surface area contributed by atoms with Crippen LogP contribution in [0, 0.1) is 10.1 Å².